The summed E-state index contributed by atoms with van der Waals surface area (Å²) >= 11 is 0. The molecule has 0 bridgehead atoms. The Morgan fingerprint density at radius 1 is 1.14 bits per heavy atom. The number of benzene rings is 1. The number of aliphatic hydroxyl groups excluding tert-OH is 1. The lowest BCUT2D eigenvalue weighted by Gasteiger charge is -2.09. The van der Waals surface area contributed by atoms with E-state index in [1.165, 1.54) is 12.1 Å². The minimum Gasteiger partial charge on any atom is -0.392 e. The average Bonchev–Trinajstić information content (AvgIpc) is 2.14. The Labute approximate surface area is 79.4 Å². The van der Waals surface area contributed by atoms with Gasteiger partial charge in [-0.05, 0) is 17.7 Å². The van der Waals surface area contributed by atoms with Gasteiger partial charge in [-0.15, -0.1) is 0 Å². The van der Waals surface area contributed by atoms with E-state index in [4.69, 9.17) is 5.11 Å². The van der Waals surface area contributed by atoms with Crippen LogP contribution in [0.4, 0.5) is 18.9 Å². The van der Waals surface area contributed by atoms with E-state index < -0.39 is 12.7 Å². The zero-order valence-corrected chi connectivity index (χ0v) is 7.30. The zero-order chi connectivity index (χ0) is 10.6. The Morgan fingerprint density at radius 3 is 2.14 bits per heavy atom. The largest absolute Gasteiger partial charge is 0.405 e. The summed E-state index contributed by atoms with van der Waals surface area (Å²) in [5, 5.41) is 10.9. The number of halogens is 3. The first-order valence-corrected chi connectivity index (χ1v) is 4.02. The van der Waals surface area contributed by atoms with E-state index in [1.54, 1.807) is 12.1 Å². The van der Waals surface area contributed by atoms with Gasteiger partial charge >= 0.3 is 6.18 Å². The minimum absolute atomic E-state index is 0.112. The van der Waals surface area contributed by atoms with Crippen molar-refractivity contribution < 1.29 is 18.3 Å². The molecule has 14 heavy (non-hydrogen) atoms. The fourth-order valence-electron chi connectivity index (χ4n) is 0.930. The highest BCUT2D eigenvalue weighted by molar-refractivity contribution is 5.44. The summed E-state index contributed by atoms with van der Waals surface area (Å²) in [5.41, 5.74) is 1.06. The fraction of sp³-hybridized carbons (Fsp3) is 0.333. The van der Waals surface area contributed by atoms with E-state index in [9.17, 15) is 13.2 Å². The van der Waals surface area contributed by atoms with Gasteiger partial charge in [0.05, 0.1) is 6.61 Å². The van der Waals surface area contributed by atoms with Gasteiger partial charge in [0.2, 0.25) is 0 Å². The van der Waals surface area contributed by atoms with Crippen molar-refractivity contribution in [3.8, 4) is 0 Å². The maximum atomic E-state index is 11.8. The molecule has 1 aromatic carbocycles. The Bertz CT molecular complexity index is 281. The first kappa shape index (κ1) is 10.8. The molecule has 0 saturated carbocycles. The van der Waals surface area contributed by atoms with Gasteiger partial charge in [-0.3, -0.25) is 0 Å². The molecule has 2 nitrogen and oxygen atoms in total. The van der Waals surface area contributed by atoms with Crippen LogP contribution in [0.25, 0.3) is 0 Å². The van der Waals surface area contributed by atoms with Crippen LogP contribution in [0.3, 0.4) is 0 Å². The number of anilines is 1. The maximum absolute atomic E-state index is 11.8. The molecule has 5 heteroatoms. The Hall–Kier alpha value is -1.23. The Morgan fingerprint density at radius 2 is 1.71 bits per heavy atom. The van der Waals surface area contributed by atoms with E-state index >= 15 is 0 Å². The molecule has 0 saturated heterocycles. The third-order valence-electron chi connectivity index (χ3n) is 1.63. The number of hydrogen-bond donors (Lipinski definition) is 2. The molecule has 2 N–H and O–H groups in total. The van der Waals surface area contributed by atoms with Crippen LogP contribution in [-0.4, -0.2) is 17.8 Å². The van der Waals surface area contributed by atoms with E-state index in [1.807, 2.05) is 0 Å². The summed E-state index contributed by atoms with van der Waals surface area (Å²) in [7, 11) is 0. The molecular formula is C9H10F3NO. The normalized spacial score (nSPS) is 11.4. The lowest BCUT2D eigenvalue weighted by atomic mass is 10.2. The molecule has 0 aliphatic heterocycles. The van der Waals surface area contributed by atoms with E-state index in [0.717, 1.165) is 0 Å². The first-order valence-electron chi connectivity index (χ1n) is 4.02. The van der Waals surface area contributed by atoms with Crippen LogP contribution in [0.2, 0.25) is 0 Å². The van der Waals surface area contributed by atoms with Gasteiger partial charge in [-0.2, -0.15) is 13.2 Å². The van der Waals surface area contributed by atoms with Gasteiger partial charge in [0.15, 0.2) is 0 Å². The summed E-state index contributed by atoms with van der Waals surface area (Å²) in [5.74, 6) is 0. The fourth-order valence-corrected chi connectivity index (χ4v) is 0.930. The molecule has 0 aliphatic carbocycles. The summed E-state index contributed by atoms with van der Waals surface area (Å²) in [6.07, 6.45) is -4.21. The van der Waals surface area contributed by atoms with Crippen LogP contribution in [-0.2, 0) is 6.61 Å². The van der Waals surface area contributed by atoms with Crippen LogP contribution in [0.15, 0.2) is 24.3 Å². The number of hydrogen-bond acceptors (Lipinski definition) is 2. The van der Waals surface area contributed by atoms with Crippen LogP contribution >= 0.6 is 0 Å². The van der Waals surface area contributed by atoms with Crippen LogP contribution < -0.4 is 5.32 Å². The smallest absolute Gasteiger partial charge is 0.392 e. The second kappa shape index (κ2) is 4.32. The molecule has 0 aliphatic rings. The summed E-state index contributed by atoms with van der Waals surface area (Å²) in [4.78, 5) is 0. The van der Waals surface area contributed by atoms with E-state index in [0.29, 0.717) is 11.3 Å². The molecule has 0 radical (unpaired) electrons. The SMILES string of the molecule is OCc1ccc(NCC(F)(F)F)cc1. The topological polar surface area (TPSA) is 32.3 Å². The highest BCUT2D eigenvalue weighted by Crippen LogP contribution is 2.16. The van der Waals surface area contributed by atoms with Gasteiger partial charge in [0.1, 0.15) is 6.54 Å². The van der Waals surface area contributed by atoms with Crippen LogP contribution in [0, 0.1) is 0 Å². The second-order valence-corrected chi connectivity index (χ2v) is 2.82. The van der Waals surface area contributed by atoms with Gasteiger partial charge in [0, 0.05) is 5.69 Å². The lowest BCUT2D eigenvalue weighted by Crippen LogP contribution is -2.21. The predicted octanol–water partition coefficient (Wildman–Crippen LogP) is 2.15. The molecule has 0 heterocycles. The summed E-state index contributed by atoms with van der Waals surface area (Å²) in [6, 6.07) is 6.13. The van der Waals surface area contributed by atoms with Crippen molar-refractivity contribution in [3.63, 3.8) is 0 Å². The quantitative estimate of drug-likeness (QED) is 0.792. The van der Waals surface area contributed by atoms with Gasteiger partial charge < -0.3 is 10.4 Å². The van der Waals surface area contributed by atoms with Gasteiger partial charge in [0.25, 0.3) is 0 Å². The van der Waals surface area contributed by atoms with Crippen molar-refractivity contribution in [2.24, 2.45) is 0 Å². The third-order valence-corrected chi connectivity index (χ3v) is 1.63. The van der Waals surface area contributed by atoms with Crippen molar-refractivity contribution in [2.75, 3.05) is 11.9 Å². The number of alkyl halides is 3. The maximum Gasteiger partial charge on any atom is 0.405 e. The van der Waals surface area contributed by atoms with Crippen molar-refractivity contribution >= 4 is 5.69 Å². The minimum atomic E-state index is -4.21. The lowest BCUT2D eigenvalue weighted by molar-refractivity contribution is -0.115. The molecule has 78 valence electrons. The average molecular weight is 205 g/mol. The molecular weight excluding hydrogens is 195 g/mol. The molecule has 1 aromatic rings. The molecule has 0 aromatic heterocycles. The number of aliphatic hydroxyl groups is 1. The zero-order valence-electron chi connectivity index (χ0n) is 7.30. The second-order valence-electron chi connectivity index (χ2n) is 2.82. The molecule has 1 rings (SSSR count). The Kier molecular flexibility index (Phi) is 3.35. The van der Waals surface area contributed by atoms with Crippen molar-refractivity contribution in [1.82, 2.24) is 0 Å². The molecule has 0 amide bonds. The van der Waals surface area contributed by atoms with Crippen LogP contribution in [0.1, 0.15) is 5.56 Å². The van der Waals surface area contributed by atoms with Crippen molar-refractivity contribution in [2.45, 2.75) is 12.8 Å². The van der Waals surface area contributed by atoms with Crippen molar-refractivity contribution in [3.05, 3.63) is 29.8 Å². The van der Waals surface area contributed by atoms with Crippen LogP contribution in [0.5, 0.6) is 0 Å². The summed E-state index contributed by atoms with van der Waals surface area (Å²) < 4.78 is 35.4. The Balaban J connectivity index is 2.52. The number of rotatable bonds is 3. The highest BCUT2D eigenvalue weighted by atomic mass is 19.4. The standard InChI is InChI=1S/C9H10F3NO/c10-9(11,12)6-13-8-3-1-7(5-14)2-4-8/h1-4,13-14H,5-6H2. The van der Waals surface area contributed by atoms with E-state index in [-0.39, 0.29) is 6.61 Å². The summed E-state index contributed by atoms with van der Waals surface area (Å²) in [6.45, 7) is -1.16. The van der Waals surface area contributed by atoms with Crippen molar-refractivity contribution in [1.29, 1.82) is 0 Å². The van der Waals surface area contributed by atoms with E-state index in [2.05, 4.69) is 5.32 Å². The molecule has 0 fully saturated rings. The molecule has 0 atom stereocenters. The molecule has 0 spiro atoms. The number of nitrogens with one attached hydrogen (secondary N) is 1. The van der Waals surface area contributed by atoms with Gasteiger partial charge in [-0.1, -0.05) is 12.1 Å². The monoisotopic (exact) mass is 205 g/mol. The molecule has 0 unspecified atom stereocenters. The predicted molar refractivity (Wildman–Crippen MR) is 46.9 cm³/mol. The first-order chi connectivity index (χ1) is 6.51. The van der Waals surface area contributed by atoms with Gasteiger partial charge in [-0.25, -0.2) is 0 Å². The third kappa shape index (κ3) is 3.66. The highest BCUT2D eigenvalue weighted by Gasteiger charge is 2.26.